The number of carbonyl (C=O) groups is 2. The first-order valence-corrected chi connectivity index (χ1v) is 9.98. The lowest BCUT2D eigenvalue weighted by molar-refractivity contribution is -0.132. The average molecular weight is 373 g/mol. The maximum absolute atomic E-state index is 12.8. The number of ketones is 2. The lowest BCUT2D eigenvalue weighted by atomic mass is 9.46. The highest BCUT2D eigenvalue weighted by Gasteiger charge is 2.54. The summed E-state index contributed by atoms with van der Waals surface area (Å²) in [7, 11) is 3.04. The van der Waals surface area contributed by atoms with E-state index in [4.69, 9.17) is 9.47 Å². The van der Waals surface area contributed by atoms with Gasteiger partial charge in [-0.15, -0.1) is 0 Å². The zero-order chi connectivity index (χ0) is 20.0. The standard InChI is InChI=1S/C23H32O4/c1-14-8-7-9-19-22(14,3)11-10-15(2)23(19,4)13-16-20(25)17(24)12-18(26-5)21(16)27-6/h8,12,15,19H,7,9-11,13H2,1-6H3/t15-,19+,22+,23+/m0/s1. The molecule has 0 amide bonds. The summed E-state index contributed by atoms with van der Waals surface area (Å²) >= 11 is 0. The third-order valence-corrected chi connectivity index (χ3v) is 7.83. The van der Waals surface area contributed by atoms with E-state index >= 15 is 0 Å². The Morgan fingerprint density at radius 3 is 2.48 bits per heavy atom. The molecule has 4 heteroatoms. The van der Waals surface area contributed by atoms with E-state index in [0.29, 0.717) is 35.3 Å². The summed E-state index contributed by atoms with van der Waals surface area (Å²) < 4.78 is 10.9. The van der Waals surface area contributed by atoms with Gasteiger partial charge in [-0.2, -0.15) is 0 Å². The summed E-state index contributed by atoms with van der Waals surface area (Å²) in [6, 6.07) is 0. The van der Waals surface area contributed by atoms with E-state index in [-0.39, 0.29) is 10.8 Å². The topological polar surface area (TPSA) is 52.6 Å². The van der Waals surface area contributed by atoms with Crippen molar-refractivity contribution < 1.29 is 19.1 Å². The quantitative estimate of drug-likeness (QED) is 0.406. The van der Waals surface area contributed by atoms with E-state index in [0.717, 1.165) is 19.3 Å². The second-order valence-electron chi connectivity index (χ2n) is 8.97. The van der Waals surface area contributed by atoms with Crippen molar-refractivity contribution >= 4 is 11.6 Å². The third-order valence-electron chi connectivity index (χ3n) is 7.83. The smallest absolute Gasteiger partial charge is 0.232 e. The molecule has 3 aliphatic carbocycles. The van der Waals surface area contributed by atoms with E-state index in [1.165, 1.54) is 32.3 Å². The van der Waals surface area contributed by atoms with Gasteiger partial charge in [0.1, 0.15) is 0 Å². The highest BCUT2D eigenvalue weighted by molar-refractivity contribution is 6.48. The molecule has 0 aromatic rings. The van der Waals surface area contributed by atoms with E-state index in [2.05, 4.69) is 33.8 Å². The van der Waals surface area contributed by atoms with Gasteiger partial charge in [-0.3, -0.25) is 9.59 Å². The van der Waals surface area contributed by atoms with E-state index in [9.17, 15) is 9.59 Å². The van der Waals surface area contributed by atoms with Crippen LogP contribution in [-0.4, -0.2) is 25.8 Å². The highest BCUT2D eigenvalue weighted by atomic mass is 16.5. The number of fused-ring (bicyclic) bond motifs is 1. The number of rotatable bonds is 4. The summed E-state index contributed by atoms with van der Waals surface area (Å²) in [4.78, 5) is 25.0. The maximum atomic E-state index is 12.8. The fourth-order valence-corrected chi connectivity index (χ4v) is 5.78. The minimum atomic E-state index is -0.516. The van der Waals surface area contributed by atoms with Crippen LogP contribution < -0.4 is 0 Å². The van der Waals surface area contributed by atoms with Crippen LogP contribution in [0.15, 0.2) is 34.8 Å². The van der Waals surface area contributed by atoms with Crippen LogP contribution in [-0.2, 0) is 19.1 Å². The molecule has 0 spiro atoms. The predicted octanol–water partition coefficient (Wildman–Crippen LogP) is 4.76. The SMILES string of the molecule is COC1=CC(=O)C(=O)C(C[C@]2(C)[C@@H](C)CC[C@]3(C)C(C)=CCC[C@@H]23)=C1OC. The Labute approximate surface area is 162 Å². The van der Waals surface area contributed by atoms with Crippen molar-refractivity contribution in [3.05, 3.63) is 34.8 Å². The Morgan fingerprint density at radius 2 is 1.85 bits per heavy atom. The molecule has 0 heterocycles. The molecule has 0 saturated heterocycles. The average Bonchev–Trinajstić information content (AvgIpc) is 2.64. The number of hydrogen-bond acceptors (Lipinski definition) is 4. The first kappa shape index (κ1) is 19.9. The van der Waals surface area contributed by atoms with Crippen LogP contribution in [0.5, 0.6) is 0 Å². The van der Waals surface area contributed by atoms with Crippen LogP contribution in [0, 0.1) is 22.7 Å². The zero-order valence-corrected chi connectivity index (χ0v) is 17.5. The second-order valence-corrected chi connectivity index (χ2v) is 8.97. The monoisotopic (exact) mass is 372 g/mol. The van der Waals surface area contributed by atoms with Crippen molar-refractivity contribution in [1.82, 2.24) is 0 Å². The second kappa shape index (κ2) is 6.96. The van der Waals surface area contributed by atoms with Crippen molar-refractivity contribution in [1.29, 1.82) is 0 Å². The molecule has 4 atom stereocenters. The number of carbonyl (C=O) groups excluding carboxylic acids is 2. The molecule has 0 aromatic carbocycles. The minimum Gasteiger partial charge on any atom is -0.493 e. The van der Waals surface area contributed by atoms with E-state index in [1.807, 2.05) is 0 Å². The normalized spacial score (nSPS) is 36.8. The predicted molar refractivity (Wildman–Crippen MR) is 105 cm³/mol. The molecule has 0 unspecified atom stereocenters. The first-order chi connectivity index (χ1) is 12.7. The molecule has 0 N–H and O–H groups in total. The van der Waals surface area contributed by atoms with Gasteiger partial charge < -0.3 is 9.47 Å². The summed E-state index contributed by atoms with van der Waals surface area (Å²) in [5.74, 6) is 0.752. The zero-order valence-electron chi connectivity index (χ0n) is 17.5. The van der Waals surface area contributed by atoms with Gasteiger partial charge in [0, 0.05) is 6.08 Å². The van der Waals surface area contributed by atoms with Gasteiger partial charge in [-0.05, 0) is 61.7 Å². The summed E-state index contributed by atoms with van der Waals surface area (Å²) in [5.41, 5.74) is 2.04. The lowest BCUT2D eigenvalue weighted by Gasteiger charge is -2.58. The van der Waals surface area contributed by atoms with Crippen molar-refractivity contribution in [2.24, 2.45) is 22.7 Å². The van der Waals surface area contributed by atoms with Crippen LogP contribution in [0.3, 0.4) is 0 Å². The van der Waals surface area contributed by atoms with Gasteiger partial charge in [0.15, 0.2) is 11.5 Å². The largest absolute Gasteiger partial charge is 0.493 e. The summed E-state index contributed by atoms with van der Waals surface area (Å²) in [5, 5.41) is 0. The molecule has 148 valence electrons. The van der Waals surface area contributed by atoms with Crippen LogP contribution >= 0.6 is 0 Å². The molecule has 1 saturated carbocycles. The minimum absolute atomic E-state index is 0.0756. The maximum Gasteiger partial charge on any atom is 0.232 e. The van der Waals surface area contributed by atoms with Crippen LogP contribution in [0.2, 0.25) is 0 Å². The van der Waals surface area contributed by atoms with Gasteiger partial charge in [0.05, 0.1) is 19.8 Å². The third kappa shape index (κ3) is 2.97. The lowest BCUT2D eigenvalue weighted by Crippen LogP contribution is -2.50. The molecule has 0 radical (unpaired) electrons. The van der Waals surface area contributed by atoms with Crippen molar-refractivity contribution in [2.45, 2.75) is 59.8 Å². The molecular formula is C23H32O4. The Hall–Kier alpha value is -1.84. The Kier molecular flexibility index (Phi) is 5.13. The molecule has 0 aromatic heterocycles. The summed E-state index contributed by atoms with van der Waals surface area (Å²) in [6.45, 7) is 9.24. The van der Waals surface area contributed by atoms with E-state index in [1.54, 1.807) is 0 Å². The molecule has 0 bridgehead atoms. The number of hydrogen-bond donors (Lipinski definition) is 0. The number of ether oxygens (including phenoxy) is 2. The van der Waals surface area contributed by atoms with Crippen molar-refractivity contribution in [3.63, 3.8) is 0 Å². The van der Waals surface area contributed by atoms with Crippen molar-refractivity contribution in [2.75, 3.05) is 14.2 Å². The molecule has 4 nitrogen and oxygen atoms in total. The van der Waals surface area contributed by atoms with Gasteiger partial charge in [0.2, 0.25) is 11.6 Å². The highest BCUT2D eigenvalue weighted by Crippen LogP contribution is 2.62. The number of allylic oxidation sites excluding steroid dienone is 4. The number of methoxy groups -OCH3 is 2. The Morgan fingerprint density at radius 1 is 1.15 bits per heavy atom. The van der Waals surface area contributed by atoms with Gasteiger partial charge >= 0.3 is 0 Å². The first-order valence-electron chi connectivity index (χ1n) is 9.98. The molecule has 3 rings (SSSR count). The molecule has 0 aliphatic heterocycles. The fourth-order valence-electron chi connectivity index (χ4n) is 5.78. The molecule has 27 heavy (non-hydrogen) atoms. The van der Waals surface area contributed by atoms with Crippen LogP contribution in [0.4, 0.5) is 0 Å². The summed E-state index contributed by atoms with van der Waals surface area (Å²) in [6.07, 6.45) is 8.70. The Bertz CT molecular complexity index is 756. The van der Waals surface area contributed by atoms with Crippen LogP contribution in [0.25, 0.3) is 0 Å². The molecule has 3 aliphatic rings. The van der Waals surface area contributed by atoms with Gasteiger partial charge in [-0.1, -0.05) is 32.4 Å². The number of Topliss-reactive ketones (excluding diaryl/α,β-unsaturated/α-hetero) is 1. The van der Waals surface area contributed by atoms with Crippen LogP contribution in [0.1, 0.15) is 59.8 Å². The van der Waals surface area contributed by atoms with E-state index < -0.39 is 11.6 Å². The van der Waals surface area contributed by atoms with Gasteiger partial charge in [0.25, 0.3) is 0 Å². The van der Waals surface area contributed by atoms with Crippen molar-refractivity contribution in [3.8, 4) is 0 Å². The Balaban J connectivity index is 2.07. The molecule has 1 fully saturated rings. The fraction of sp³-hybridized carbons (Fsp3) is 0.652. The molecular weight excluding hydrogens is 340 g/mol. The van der Waals surface area contributed by atoms with Gasteiger partial charge in [-0.25, -0.2) is 0 Å².